The first kappa shape index (κ1) is 9.64. The molecule has 2 heterocycles. The summed E-state index contributed by atoms with van der Waals surface area (Å²) in [6.07, 6.45) is 3.61. The van der Waals surface area contributed by atoms with Gasteiger partial charge in [-0.2, -0.15) is 10.3 Å². The van der Waals surface area contributed by atoms with Gasteiger partial charge in [-0.25, -0.2) is 5.43 Å². The van der Waals surface area contributed by atoms with Gasteiger partial charge in [0, 0.05) is 12.4 Å². The number of aromatic amines is 1. The Hall–Kier alpha value is -2.57. The zero-order valence-electron chi connectivity index (χ0n) is 8.78. The van der Waals surface area contributed by atoms with Gasteiger partial charge in [0.15, 0.2) is 0 Å². The second-order valence-corrected chi connectivity index (χ2v) is 3.49. The van der Waals surface area contributed by atoms with Crippen molar-refractivity contribution in [2.45, 2.75) is 5.92 Å². The van der Waals surface area contributed by atoms with E-state index in [4.69, 9.17) is 0 Å². The van der Waals surface area contributed by atoms with Crippen LogP contribution in [0, 0.1) is 0 Å². The van der Waals surface area contributed by atoms with Gasteiger partial charge in [-0.15, -0.1) is 5.10 Å². The van der Waals surface area contributed by atoms with Crippen LogP contribution in [-0.4, -0.2) is 33.1 Å². The number of aromatic nitrogens is 4. The lowest BCUT2D eigenvalue weighted by Crippen LogP contribution is -2.00. The molecule has 0 saturated carbocycles. The maximum absolute atomic E-state index is 4.30. The summed E-state index contributed by atoms with van der Waals surface area (Å²) in [5.74, 6) is 0.426. The van der Waals surface area contributed by atoms with Gasteiger partial charge in [0.2, 0.25) is 0 Å². The molecule has 0 radical (unpaired) electrons. The molecule has 3 rings (SSSR count). The predicted octanol–water partition coefficient (Wildman–Crippen LogP) is 1.10. The summed E-state index contributed by atoms with van der Waals surface area (Å²) in [6.45, 7) is 0. The van der Waals surface area contributed by atoms with E-state index < -0.39 is 0 Å². The van der Waals surface area contributed by atoms with Crippen LogP contribution in [0.1, 0.15) is 11.5 Å². The summed E-state index contributed by atoms with van der Waals surface area (Å²) in [5.41, 5.74) is 4.81. The number of rotatable bonds is 3. The zero-order chi connectivity index (χ0) is 11.5. The average molecular weight is 227 g/mol. The molecular weight excluding hydrogens is 218 g/mol. The van der Waals surface area contributed by atoms with Crippen molar-refractivity contribution in [2.75, 3.05) is 5.43 Å². The van der Waals surface area contributed by atoms with Crippen LogP contribution in [0.2, 0.25) is 0 Å². The number of hydrogen-bond acceptors (Lipinski definition) is 6. The van der Waals surface area contributed by atoms with Gasteiger partial charge in [0.1, 0.15) is 0 Å². The van der Waals surface area contributed by atoms with Crippen molar-refractivity contribution < 1.29 is 0 Å². The topological polar surface area (TPSA) is 91.2 Å². The third kappa shape index (κ3) is 1.89. The van der Waals surface area contributed by atoms with Crippen LogP contribution < -0.4 is 5.43 Å². The number of nitrogens with zero attached hydrogens (tertiary/aromatic N) is 5. The Morgan fingerprint density at radius 2 is 2.29 bits per heavy atom. The quantitative estimate of drug-likeness (QED) is 0.606. The van der Waals surface area contributed by atoms with Crippen molar-refractivity contribution in [3.63, 3.8) is 0 Å². The van der Waals surface area contributed by atoms with Gasteiger partial charge in [0.25, 0.3) is 5.95 Å². The van der Waals surface area contributed by atoms with E-state index in [1.54, 1.807) is 6.21 Å². The number of para-hydroxylation sites is 1. The lowest BCUT2D eigenvalue weighted by molar-refractivity contribution is 0.881. The van der Waals surface area contributed by atoms with Crippen LogP contribution in [0.5, 0.6) is 0 Å². The Morgan fingerprint density at radius 3 is 3.18 bits per heavy atom. The largest absolute Gasteiger partial charge is 0.283 e. The molecule has 0 amide bonds. The Bertz CT molecular complexity index is 558. The number of anilines is 1. The Morgan fingerprint density at radius 1 is 1.35 bits per heavy atom. The van der Waals surface area contributed by atoms with Gasteiger partial charge in [-0.3, -0.25) is 4.99 Å². The number of tetrazole rings is 1. The van der Waals surface area contributed by atoms with Crippen molar-refractivity contribution in [1.82, 2.24) is 20.6 Å². The first-order valence-electron chi connectivity index (χ1n) is 5.09. The standard InChI is InChI=1S/C10H9N7/c1-2-4-9-8(3-1)7(5-11-9)6-12-13-10-14-16-17-15-10/h1-7H,(H2,13,14,15,16,17). The molecule has 84 valence electrons. The van der Waals surface area contributed by atoms with Gasteiger partial charge < -0.3 is 0 Å². The van der Waals surface area contributed by atoms with Crippen LogP contribution in [0.3, 0.4) is 0 Å². The first-order valence-corrected chi connectivity index (χ1v) is 5.09. The Kier molecular flexibility index (Phi) is 2.34. The minimum Gasteiger partial charge on any atom is -0.260 e. The van der Waals surface area contributed by atoms with Gasteiger partial charge in [-0.05, 0) is 16.8 Å². The molecule has 1 aliphatic rings. The Labute approximate surface area is 96.7 Å². The number of hydrogen-bond donors (Lipinski definition) is 2. The molecule has 7 heteroatoms. The van der Waals surface area contributed by atoms with Crippen LogP contribution >= 0.6 is 0 Å². The van der Waals surface area contributed by atoms with Gasteiger partial charge in [0.05, 0.1) is 11.6 Å². The molecular formula is C10H9N7. The number of nitrogens with one attached hydrogen (secondary N) is 2. The summed E-state index contributed by atoms with van der Waals surface area (Å²) in [4.78, 5) is 4.30. The number of aliphatic imine (C=N–C) groups is 1. The molecule has 1 aromatic heterocycles. The molecule has 0 saturated heterocycles. The summed E-state index contributed by atoms with van der Waals surface area (Å²) >= 11 is 0. The molecule has 1 aliphatic heterocycles. The van der Waals surface area contributed by atoms with Gasteiger partial charge in [-0.1, -0.05) is 23.3 Å². The van der Waals surface area contributed by atoms with Crippen molar-refractivity contribution >= 4 is 24.1 Å². The van der Waals surface area contributed by atoms with Crippen molar-refractivity contribution in [2.24, 2.45) is 10.1 Å². The Balaban J connectivity index is 1.71. The molecule has 1 unspecified atom stereocenters. The highest BCUT2D eigenvalue weighted by molar-refractivity contribution is 5.96. The first-order chi connectivity index (χ1) is 8.43. The normalized spacial score (nSPS) is 17.5. The summed E-state index contributed by atoms with van der Waals surface area (Å²) in [7, 11) is 0. The monoisotopic (exact) mass is 227 g/mol. The maximum atomic E-state index is 4.30. The van der Waals surface area contributed by atoms with Crippen molar-refractivity contribution in [3.05, 3.63) is 29.8 Å². The maximum Gasteiger partial charge on any atom is 0.283 e. The average Bonchev–Trinajstić information content (AvgIpc) is 2.99. The zero-order valence-corrected chi connectivity index (χ0v) is 8.78. The molecule has 2 aromatic rings. The van der Waals surface area contributed by atoms with E-state index in [0.29, 0.717) is 5.95 Å². The third-order valence-corrected chi connectivity index (χ3v) is 2.42. The second kappa shape index (κ2) is 4.12. The summed E-state index contributed by atoms with van der Waals surface area (Å²) in [6, 6.07) is 7.97. The van der Waals surface area contributed by atoms with E-state index in [1.807, 2.05) is 30.5 Å². The second-order valence-electron chi connectivity index (χ2n) is 3.49. The molecule has 0 fully saturated rings. The smallest absolute Gasteiger partial charge is 0.260 e. The number of fused-ring (bicyclic) bond motifs is 1. The van der Waals surface area contributed by atoms with E-state index in [1.165, 1.54) is 0 Å². The third-order valence-electron chi connectivity index (χ3n) is 2.42. The van der Waals surface area contributed by atoms with Crippen LogP contribution in [0.15, 0.2) is 34.4 Å². The molecule has 2 N–H and O–H groups in total. The molecule has 1 atom stereocenters. The molecule has 0 aliphatic carbocycles. The van der Waals surface area contributed by atoms with Crippen LogP contribution in [0.25, 0.3) is 0 Å². The van der Waals surface area contributed by atoms with Crippen molar-refractivity contribution in [3.8, 4) is 0 Å². The highest BCUT2D eigenvalue weighted by Crippen LogP contribution is 2.30. The fourth-order valence-electron chi connectivity index (χ4n) is 1.63. The van der Waals surface area contributed by atoms with E-state index in [0.717, 1.165) is 11.3 Å². The van der Waals surface area contributed by atoms with Gasteiger partial charge >= 0.3 is 0 Å². The lowest BCUT2D eigenvalue weighted by atomic mass is 10.0. The molecule has 17 heavy (non-hydrogen) atoms. The highest BCUT2D eigenvalue weighted by Gasteiger charge is 2.15. The van der Waals surface area contributed by atoms with E-state index in [9.17, 15) is 0 Å². The van der Waals surface area contributed by atoms with E-state index in [-0.39, 0.29) is 5.92 Å². The predicted molar refractivity (Wildman–Crippen MR) is 63.6 cm³/mol. The minimum absolute atomic E-state index is 0.0885. The summed E-state index contributed by atoms with van der Waals surface area (Å²) in [5, 5.41) is 17.2. The number of benzene rings is 1. The SMILES string of the molecule is C(=NNc1nn[nH]n1)C1C=Nc2ccccc21. The van der Waals surface area contributed by atoms with Crippen LogP contribution in [0.4, 0.5) is 11.6 Å². The minimum atomic E-state index is 0.0885. The number of H-pyrrole nitrogens is 1. The van der Waals surface area contributed by atoms with E-state index >= 15 is 0 Å². The molecule has 7 nitrogen and oxygen atoms in total. The van der Waals surface area contributed by atoms with Crippen molar-refractivity contribution in [1.29, 1.82) is 0 Å². The van der Waals surface area contributed by atoms with Crippen LogP contribution in [-0.2, 0) is 0 Å². The fourth-order valence-corrected chi connectivity index (χ4v) is 1.63. The highest BCUT2D eigenvalue weighted by atomic mass is 15.5. The van der Waals surface area contributed by atoms with E-state index in [2.05, 4.69) is 36.1 Å². The lowest BCUT2D eigenvalue weighted by Gasteiger charge is -2.01. The molecule has 0 spiro atoms. The molecule has 1 aromatic carbocycles. The molecule has 0 bridgehead atoms. The fraction of sp³-hybridized carbons (Fsp3) is 0.100. The number of hydrazone groups is 1. The summed E-state index contributed by atoms with van der Waals surface area (Å²) < 4.78 is 0.